The highest BCUT2D eigenvalue weighted by Crippen LogP contribution is 2.35. The van der Waals surface area contributed by atoms with Gasteiger partial charge in [-0.2, -0.15) is 4.99 Å². The number of nitro benzene ring substituents is 1. The van der Waals surface area contributed by atoms with Gasteiger partial charge in [0.05, 0.1) is 26.6 Å². The second kappa shape index (κ2) is 11.2. The third-order valence-corrected chi connectivity index (χ3v) is 5.11. The van der Waals surface area contributed by atoms with Gasteiger partial charge in [-0.1, -0.05) is 46.9 Å². The van der Waals surface area contributed by atoms with Gasteiger partial charge in [0.15, 0.2) is 0 Å². The molecule has 0 aliphatic carbocycles. The van der Waals surface area contributed by atoms with Crippen LogP contribution in [0.5, 0.6) is 11.5 Å². The minimum absolute atomic E-state index is 0.0710. The number of halogens is 3. The van der Waals surface area contributed by atoms with Crippen LogP contribution in [0.2, 0.25) is 15.1 Å². The molecule has 11 heteroatoms. The van der Waals surface area contributed by atoms with Gasteiger partial charge in [-0.25, -0.2) is 4.79 Å². The zero-order valence-electron chi connectivity index (χ0n) is 17.9. The first-order valence-corrected chi connectivity index (χ1v) is 11.0. The number of rotatable bonds is 6. The molecule has 3 aromatic rings. The lowest BCUT2D eigenvalue weighted by Gasteiger charge is -2.14. The highest BCUT2D eigenvalue weighted by Gasteiger charge is 2.16. The molecule has 0 saturated heterocycles. The number of carbonyl (C=O) groups excluding carboxylic acids is 1. The van der Waals surface area contributed by atoms with Gasteiger partial charge in [-0.15, -0.1) is 0 Å². The van der Waals surface area contributed by atoms with E-state index in [-0.39, 0.29) is 39.2 Å². The molecule has 0 aromatic heterocycles. The molecule has 0 atom stereocenters. The number of ether oxygens (including phenoxy) is 2. The molecule has 2 amide bonds. The number of urea groups is 1. The van der Waals surface area contributed by atoms with Gasteiger partial charge in [-0.3, -0.25) is 10.1 Å². The van der Waals surface area contributed by atoms with Gasteiger partial charge < -0.3 is 14.8 Å². The Labute approximate surface area is 210 Å². The number of carbonyl (C=O) groups is 1. The van der Waals surface area contributed by atoms with E-state index >= 15 is 0 Å². The molecule has 34 heavy (non-hydrogen) atoms. The Morgan fingerprint density at radius 1 is 1.00 bits per heavy atom. The van der Waals surface area contributed by atoms with Crippen molar-refractivity contribution in [3.8, 4) is 11.5 Å². The third-order valence-electron chi connectivity index (χ3n) is 4.18. The average molecular weight is 523 g/mol. The van der Waals surface area contributed by atoms with E-state index < -0.39 is 11.0 Å². The highest BCUT2D eigenvalue weighted by molar-refractivity contribution is 6.34. The first-order chi connectivity index (χ1) is 16.1. The molecule has 3 rings (SSSR count). The highest BCUT2D eigenvalue weighted by atomic mass is 35.5. The van der Waals surface area contributed by atoms with E-state index in [9.17, 15) is 14.9 Å². The van der Waals surface area contributed by atoms with Crippen LogP contribution in [0.3, 0.4) is 0 Å². The monoisotopic (exact) mass is 521 g/mol. The fourth-order valence-corrected chi connectivity index (χ4v) is 3.41. The molecule has 0 fully saturated rings. The molecule has 0 aliphatic rings. The van der Waals surface area contributed by atoms with Crippen molar-refractivity contribution in [1.82, 2.24) is 0 Å². The van der Waals surface area contributed by atoms with Gasteiger partial charge >= 0.3 is 6.03 Å². The number of hydrogen-bond acceptors (Lipinski definition) is 5. The molecule has 0 bridgehead atoms. The number of amides is 2. The van der Waals surface area contributed by atoms with Crippen molar-refractivity contribution in [3.05, 3.63) is 91.4 Å². The molecule has 0 saturated carbocycles. The number of aliphatic imine (C=N–C) groups is 1. The van der Waals surface area contributed by atoms with Crippen LogP contribution in [0.15, 0.2) is 65.7 Å². The predicted octanol–water partition coefficient (Wildman–Crippen LogP) is 7.75. The topological polar surface area (TPSA) is 103 Å². The Morgan fingerprint density at radius 3 is 2.35 bits per heavy atom. The van der Waals surface area contributed by atoms with Crippen molar-refractivity contribution in [2.75, 3.05) is 5.32 Å². The lowest BCUT2D eigenvalue weighted by atomic mass is 10.2. The quantitative estimate of drug-likeness (QED) is 0.154. The van der Waals surface area contributed by atoms with E-state index in [1.54, 1.807) is 44.2 Å². The summed E-state index contributed by atoms with van der Waals surface area (Å²) >= 11 is 18.4. The average Bonchev–Trinajstić information content (AvgIpc) is 2.75. The zero-order valence-corrected chi connectivity index (χ0v) is 20.2. The van der Waals surface area contributed by atoms with E-state index in [0.29, 0.717) is 16.3 Å². The summed E-state index contributed by atoms with van der Waals surface area (Å²) in [6.07, 6.45) is -0.235. The summed E-state index contributed by atoms with van der Waals surface area (Å²) in [5.74, 6) is 0.598. The molecule has 0 heterocycles. The van der Waals surface area contributed by atoms with Gasteiger partial charge in [0.1, 0.15) is 16.5 Å². The Kier molecular flexibility index (Phi) is 8.33. The lowest BCUT2D eigenvalue weighted by molar-refractivity contribution is -0.384. The predicted molar refractivity (Wildman–Crippen MR) is 133 cm³/mol. The molecule has 0 spiro atoms. The summed E-state index contributed by atoms with van der Waals surface area (Å²) < 4.78 is 11.3. The van der Waals surface area contributed by atoms with Crippen molar-refractivity contribution in [2.45, 2.75) is 20.0 Å². The van der Waals surface area contributed by atoms with Gasteiger partial charge in [0.2, 0.25) is 5.90 Å². The Morgan fingerprint density at radius 2 is 1.74 bits per heavy atom. The van der Waals surface area contributed by atoms with E-state index in [4.69, 9.17) is 44.3 Å². The largest absolute Gasteiger partial charge is 0.474 e. The van der Waals surface area contributed by atoms with Gasteiger partial charge in [0, 0.05) is 17.8 Å². The van der Waals surface area contributed by atoms with Crippen LogP contribution in [0.25, 0.3) is 0 Å². The van der Waals surface area contributed by atoms with E-state index in [0.717, 1.165) is 0 Å². The third kappa shape index (κ3) is 6.60. The van der Waals surface area contributed by atoms with Crippen molar-refractivity contribution in [1.29, 1.82) is 0 Å². The van der Waals surface area contributed by atoms with Crippen LogP contribution >= 0.6 is 34.8 Å². The summed E-state index contributed by atoms with van der Waals surface area (Å²) in [7, 11) is 0. The lowest BCUT2D eigenvalue weighted by Crippen LogP contribution is -2.17. The molecule has 176 valence electrons. The van der Waals surface area contributed by atoms with Crippen LogP contribution in [0.1, 0.15) is 19.4 Å². The SMILES string of the molecule is CC(C)O/C(=N\C(=O)Nc1ccc(Oc2ccc([N+](=O)[O-])c(Cl)c2)c(Cl)c1)c1ccccc1Cl. The number of nitro groups is 1. The molecular formula is C23H18Cl3N3O5. The molecular weight excluding hydrogens is 505 g/mol. The normalized spacial score (nSPS) is 11.3. The van der Waals surface area contributed by atoms with E-state index in [2.05, 4.69) is 10.3 Å². The zero-order chi connectivity index (χ0) is 24.8. The van der Waals surface area contributed by atoms with Crippen molar-refractivity contribution in [3.63, 3.8) is 0 Å². The second-order valence-corrected chi connectivity index (χ2v) is 8.33. The summed E-state index contributed by atoms with van der Waals surface area (Å²) in [5.41, 5.74) is 0.601. The maximum atomic E-state index is 12.5. The minimum Gasteiger partial charge on any atom is -0.474 e. The fraction of sp³-hybridized carbons (Fsp3) is 0.130. The smallest absolute Gasteiger partial charge is 0.348 e. The number of hydrogen-bond donors (Lipinski definition) is 1. The van der Waals surface area contributed by atoms with Crippen molar-refractivity contribution in [2.24, 2.45) is 4.99 Å². The number of benzene rings is 3. The van der Waals surface area contributed by atoms with Crippen molar-refractivity contribution >= 4 is 58.1 Å². The molecule has 0 radical (unpaired) electrons. The van der Waals surface area contributed by atoms with Gasteiger partial charge in [-0.05, 0) is 50.2 Å². The number of nitrogens with one attached hydrogen (secondary N) is 1. The first kappa shape index (κ1) is 25.3. The summed E-state index contributed by atoms with van der Waals surface area (Å²) in [5, 5.41) is 14.0. The molecule has 0 aliphatic heterocycles. The van der Waals surface area contributed by atoms with Crippen LogP contribution in [-0.2, 0) is 4.74 Å². The van der Waals surface area contributed by atoms with Crippen molar-refractivity contribution < 1.29 is 19.2 Å². The molecule has 0 unspecified atom stereocenters. The maximum Gasteiger partial charge on any atom is 0.348 e. The van der Waals surface area contributed by atoms with E-state index in [1.165, 1.54) is 30.3 Å². The van der Waals surface area contributed by atoms with E-state index in [1.807, 2.05) is 0 Å². The number of anilines is 1. The minimum atomic E-state index is -0.692. The Bertz CT molecular complexity index is 1260. The van der Waals surface area contributed by atoms with Crippen LogP contribution in [0, 0.1) is 10.1 Å². The summed E-state index contributed by atoms with van der Waals surface area (Å²) in [6.45, 7) is 3.61. The van der Waals surface area contributed by atoms with Crippen LogP contribution in [0.4, 0.5) is 16.2 Å². The summed E-state index contributed by atoms with van der Waals surface area (Å²) in [4.78, 5) is 26.8. The van der Waals surface area contributed by atoms with Gasteiger partial charge in [0.25, 0.3) is 5.69 Å². The second-order valence-electron chi connectivity index (χ2n) is 7.11. The summed E-state index contributed by atoms with van der Waals surface area (Å²) in [6, 6.07) is 14.7. The Hall–Kier alpha value is -3.33. The first-order valence-electron chi connectivity index (χ1n) is 9.86. The standard InChI is InChI=1S/C23H18Cl3N3O5/c1-13(2)33-22(16-5-3-4-6-17(16)24)28-23(30)27-14-7-10-21(19(26)11-14)34-15-8-9-20(29(31)32)18(25)12-15/h3-13H,1-2H3,(H,27,30)/b28-22-. The van der Waals surface area contributed by atoms with Crippen LogP contribution in [-0.4, -0.2) is 23.0 Å². The fourth-order valence-electron chi connectivity index (χ4n) is 2.74. The maximum absolute atomic E-state index is 12.5. The van der Waals surface area contributed by atoms with Crippen LogP contribution < -0.4 is 10.1 Å². The molecule has 1 N–H and O–H groups in total. The molecule has 3 aromatic carbocycles. The Balaban J connectivity index is 1.76. The molecule has 8 nitrogen and oxygen atoms in total. The number of nitrogens with zero attached hydrogens (tertiary/aromatic N) is 2.